The number of amides is 1. The summed E-state index contributed by atoms with van der Waals surface area (Å²) in [5, 5.41) is 3.74. The van der Waals surface area contributed by atoms with Gasteiger partial charge in [0.25, 0.3) is 0 Å². The molecular formula is C13H18N4O3S. The lowest BCUT2D eigenvalue weighted by Gasteiger charge is -2.34. The first-order valence-corrected chi connectivity index (χ1v) is 7.91. The normalized spacial score (nSPS) is 20.5. The topological polar surface area (TPSA) is 107 Å². The highest BCUT2D eigenvalue weighted by atomic mass is 32.2. The number of nitrogens with two attached hydrogens (primary N) is 1. The average molecular weight is 310 g/mol. The highest BCUT2D eigenvalue weighted by Gasteiger charge is 2.34. The number of anilines is 1. The van der Waals surface area contributed by atoms with Gasteiger partial charge < -0.3 is 15.8 Å². The summed E-state index contributed by atoms with van der Waals surface area (Å²) in [5.41, 5.74) is 5.55. The number of thioether (sulfide) groups is 1. The van der Waals surface area contributed by atoms with E-state index in [1.807, 2.05) is 6.26 Å². The molecule has 1 aromatic rings. The summed E-state index contributed by atoms with van der Waals surface area (Å²) in [6, 6.07) is 0.0836. The maximum Gasteiger partial charge on any atom is 0.343 e. The molecule has 0 atom stereocenters. The van der Waals surface area contributed by atoms with E-state index in [0.29, 0.717) is 29.4 Å². The Labute approximate surface area is 127 Å². The lowest BCUT2D eigenvalue weighted by molar-refractivity contribution is -0.124. The lowest BCUT2D eigenvalue weighted by atomic mass is 9.80. The minimum Gasteiger partial charge on any atom is -0.462 e. The van der Waals surface area contributed by atoms with Crippen molar-refractivity contribution in [2.24, 2.45) is 11.7 Å². The first kappa shape index (κ1) is 15.6. The van der Waals surface area contributed by atoms with Crippen LogP contribution >= 0.6 is 11.8 Å². The average Bonchev–Trinajstić information content (AvgIpc) is 2.41. The summed E-state index contributed by atoms with van der Waals surface area (Å²) < 4.78 is 4.99. The number of nitrogens with zero attached hydrogens (tertiary/aromatic N) is 2. The highest BCUT2D eigenvalue weighted by Crippen LogP contribution is 2.30. The van der Waals surface area contributed by atoms with Gasteiger partial charge in [-0.15, -0.1) is 0 Å². The zero-order valence-electron chi connectivity index (χ0n) is 12.0. The van der Waals surface area contributed by atoms with Crippen LogP contribution in [0.4, 0.5) is 5.82 Å². The quantitative estimate of drug-likeness (QED) is 0.459. The number of carbonyl (C=O) groups is 2. The van der Waals surface area contributed by atoms with Gasteiger partial charge in [-0.3, -0.25) is 4.79 Å². The van der Waals surface area contributed by atoms with E-state index in [1.54, 1.807) is 6.92 Å². The van der Waals surface area contributed by atoms with Crippen LogP contribution in [0.3, 0.4) is 0 Å². The van der Waals surface area contributed by atoms with E-state index < -0.39 is 5.97 Å². The summed E-state index contributed by atoms with van der Waals surface area (Å²) in [4.78, 5) is 31.3. The molecule has 1 saturated carbocycles. The molecule has 1 amide bonds. The Kier molecular flexibility index (Phi) is 5.00. The third-order valence-electron chi connectivity index (χ3n) is 3.33. The molecule has 0 aromatic carbocycles. The monoisotopic (exact) mass is 310 g/mol. The highest BCUT2D eigenvalue weighted by molar-refractivity contribution is 7.98. The molecule has 0 aliphatic heterocycles. The number of rotatable bonds is 6. The second kappa shape index (κ2) is 6.75. The molecule has 1 aliphatic carbocycles. The van der Waals surface area contributed by atoms with Gasteiger partial charge in [-0.2, -0.15) is 0 Å². The molecule has 7 nitrogen and oxygen atoms in total. The van der Waals surface area contributed by atoms with Crippen molar-refractivity contribution >= 4 is 29.5 Å². The van der Waals surface area contributed by atoms with Crippen molar-refractivity contribution in [2.75, 3.05) is 18.2 Å². The third kappa shape index (κ3) is 3.63. The van der Waals surface area contributed by atoms with Crippen LogP contribution in [0.5, 0.6) is 0 Å². The first-order chi connectivity index (χ1) is 10.0. The number of hydrogen-bond donors (Lipinski definition) is 2. The number of hydrogen-bond acceptors (Lipinski definition) is 7. The minimum atomic E-state index is -0.460. The van der Waals surface area contributed by atoms with E-state index in [4.69, 9.17) is 10.5 Å². The van der Waals surface area contributed by atoms with Crippen molar-refractivity contribution in [3.05, 3.63) is 11.8 Å². The Bertz CT molecular complexity index is 546. The summed E-state index contributed by atoms with van der Waals surface area (Å²) in [5.74, 6) is -0.402. The SMILES string of the molecule is CCOC(=O)c1cnc(SC)nc1N[C@H]1C[C@H](C(N)=O)C1. The molecule has 0 saturated heterocycles. The minimum absolute atomic E-state index is 0.0836. The fourth-order valence-electron chi connectivity index (χ4n) is 2.09. The number of ether oxygens (including phenoxy) is 1. The molecule has 3 N–H and O–H groups in total. The number of esters is 1. The van der Waals surface area contributed by atoms with E-state index >= 15 is 0 Å². The van der Waals surface area contributed by atoms with Crippen molar-refractivity contribution in [1.82, 2.24) is 9.97 Å². The van der Waals surface area contributed by atoms with E-state index in [0.717, 1.165) is 0 Å². The van der Waals surface area contributed by atoms with Crippen LogP contribution in [0.25, 0.3) is 0 Å². The first-order valence-electron chi connectivity index (χ1n) is 6.69. The van der Waals surface area contributed by atoms with Gasteiger partial charge in [0.05, 0.1) is 6.61 Å². The largest absolute Gasteiger partial charge is 0.462 e. The smallest absolute Gasteiger partial charge is 0.343 e. The van der Waals surface area contributed by atoms with Gasteiger partial charge in [-0.1, -0.05) is 11.8 Å². The van der Waals surface area contributed by atoms with E-state index in [2.05, 4.69) is 15.3 Å². The maximum absolute atomic E-state index is 11.9. The molecule has 1 aliphatic rings. The summed E-state index contributed by atoms with van der Waals surface area (Å²) >= 11 is 1.39. The van der Waals surface area contributed by atoms with Crippen molar-refractivity contribution in [1.29, 1.82) is 0 Å². The lowest BCUT2D eigenvalue weighted by Crippen LogP contribution is -2.42. The number of primary amides is 1. The van der Waals surface area contributed by atoms with E-state index in [9.17, 15) is 9.59 Å². The number of carbonyl (C=O) groups excluding carboxylic acids is 2. The molecule has 0 bridgehead atoms. The predicted molar refractivity (Wildman–Crippen MR) is 79.1 cm³/mol. The van der Waals surface area contributed by atoms with Gasteiger partial charge in [0.1, 0.15) is 11.4 Å². The van der Waals surface area contributed by atoms with Crippen LogP contribution < -0.4 is 11.1 Å². The molecule has 8 heteroatoms. The number of aromatic nitrogens is 2. The molecule has 1 aromatic heterocycles. The fraction of sp³-hybridized carbons (Fsp3) is 0.538. The van der Waals surface area contributed by atoms with E-state index in [-0.39, 0.29) is 24.5 Å². The van der Waals surface area contributed by atoms with Gasteiger partial charge in [-0.25, -0.2) is 14.8 Å². The fourth-order valence-corrected chi connectivity index (χ4v) is 2.43. The maximum atomic E-state index is 11.9. The van der Waals surface area contributed by atoms with Crippen LogP contribution in [0.15, 0.2) is 11.4 Å². The van der Waals surface area contributed by atoms with Gasteiger partial charge in [0.2, 0.25) is 5.91 Å². The van der Waals surface area contributed by atoms with Gasteiger partial charge in [0.15, 0.2) is 5.16 Å². The molecule has 1 heterocycles. The molecule has 0 radical (unpaired) electrons. The summed E-state index contributed by atoms with van der Waals surface area (Å²) in [6.45, 7) is 2.03. The molecule has 0 spiro atoms. The van der Waals surface area contributed by atoms with Crippen LogP contribution in [-0.2, 0) is 9.53 Å². The molecule has 1 fully saturated rings. The van der Waals surface area contributed by atoms with Gasteiger partial charge >= 0.3 is 5.97 Å². The van der Waals surface area contributed by atoms with Crippen LogP contribution in [0.2, 0.25) is 0 Å². The molecule has 21 heavy (non-hydrogen) atoms. The third-order valence-corrected chi connectivity index (χ3v) is 3.89. The Morgan fingerprint density at radius 2 is 2.24 bits per heavy atom. The number of nitrogens with one attached hydrogen (secondary N) is 1. The molecule has 114 valence electrons. The van der Waals surface area contributed by atoms with Crippen LogP contribution in [-0.4, -0.2) is 40.7 Å². The van der Waals surface area contributed by atoms with E-state index in [1.165, 1.54) is 18.0 Å². The molecule has 0 unspecified atom stereocenters. The van der Waals surface area contributed by atoms with Crippen molar-refractivity contribution in [3.63, 3.8) is 0 Å². The van der Waals surface area contributed by atoms with Gasteiger partial charge in [0, 0.05) is 18.2 Å². The Morgan fingerprint density at radius 3 is 2.81 bits per heavy atom. The molecule has 2 rings (SSSR count). The Morgan fingerprint density at radius 1 is 1.52 bits per heavy atom. The second-order valence-corrected chi connectivity index (χ2v) is 5.52. The predicted octanol–water partition coefficient (Wildman–Crippen LogP) is 1.05. The standard InChI is InChI=1S/C13H18N4O3S/c1-3-20-12(19)9-6-15-13(21-2)17-11(9)16-8-4-7(5-8)10(14)18/h6-8H,3-5H2,1-2H3,(H2,14,18)(H,15,16,17)/t7-,8-. The summed E-state index contributed by atoms with van der Waals surface area (Å²) in [7, 11) is 0. The molecular weight excluding hydrogens is 292 g/mol. The van der Waals surface area contributed by atoms with Crippen LogP contribution in [0, 0.1) is 5.92 Å². The zero-order valence-corrected chi connectivity index (χ0v) is 12.8. The van der Waals surface area contributed by atoms with Gasteiger partial charge in [-0.05, 0) is 26.0 Å². The summed E-state index contributed by atoms with van der Waals surface area (Å²) in [6.07, 6.45) is 4.62. The zero-order chi connectivity index (χ0) is 15.4. The Hall–Kier alpha value is -1.83. The van der Waals surface area contributed by atoms with Crippen molar-refractivity contribution in [3.8, 4) is 0 Å². The Balaban J connectivity index is 2.12. The van der Waals surface area contributed by atoms with Crippen molar-refractivity contribution < 1.29 is 14.3 Å². The van der Waals surface area contributed by atoms with Crippen LogP contribution in [0.1, 0.15) is 30.1 Å². The van der Waals surface area contributed by atoms with Crippen molar-refractivity contribution in [2.45, 2.75) is 31.0 Å². The second-order valence-electron chi connectivity index (χ2n) is 4.75.